The number of aliphatic carboxylic acids is 2. The van der Waals surface area contributed by atoms with Gasteiger partial charge in [-0.3, -0.25) is 9.59 Å². The zero-order chi connectivity index (χ0) is 18.2. The van der Waals surface area contributed by atoms with Crippen LogP contribution in [0, 0.1) is 11.8 Å². The Morgan fingerprint density at radius 2 is 1.08 bits per heavy atom. The molecule has 0 saturated carbocycles. The Bertz CT molecular complexity index is 360. The Kier molecular flexibility index (Phi) is 14.0. The molecule has 0 aliphatic carbocycles. The second-order valence-corrected chi connectivity index (χ2v) is 6.28. The summed E-state index contributed by atoms with van der Waals surface area (Å²) in [6, 6.07) is 0. The van der Waals surface area contributed by atoms with Crippen molar-refractivity contribution in [3.05, 3.63) is 24.3 Å². The molecular weight excluding hydrogens is 304 g/mol. The van der Waals surface area contributed by atoms with Crippen molar-refractivity contribution in [3.63, 3.8) is 0 Å². The topological polar surface area (TPSA) is 74.6 Å². The minimum Gasteiger partial charge on any atom is -0.481 e. The predicted octanol–water partition coefficient (Wildman–Crippen LogP) is 5.44. The highest BCUT2D eigenvalue weighted by Gasteiger charge is 2.29. The molecule has 2 atom stereocenters. The van der Waals surface area contributed by atoms with Crippen molar-refractivity contribution in [1.82, 2.24) is 0 Å². The van der Waals surface area contributed by atoms with Crippen molar-refractivity contribution >= 4 is 11.9 Å². The van der Waals surface area contributed by atoms with E-state index in [1.165, 1.54) is 12.8 Å². The maximum absolute atomic E-state index is 11.4. The van der Waals surface area contributed by atoms with E-state index in [0.29, 0.717) is 0 Å². The molecule has 0 bridgehead atoms. The summed E-state index contributed by atoms with van der Waals surface area (Å²) >= 11 is 0. The lowest BCUT2D eigenvalue weighted by Crippen LogP contribution is -2.27. The Morgan fingerprint density at radius 1 is 0.708 bits per heavy atom. The fourth-order valence-electron chi connectivity index (χ4n) is 2.57. The van der Waals surface area contributed by atoms with Crippen molar-refractivity contribution in [3.8, 4) is 0 Å². The minimum atomic E-state index is -1.08. The first kappa shape index (κ1) is 22.4. The van der Waals surface area contributed by atoms with Gasteiger partial charge in [0.1, 0.15) is 0 Å². The van der Waals surface area contributed by atoms with Crippen LogP contribution in [0.1, 0.15) is 78.1 Å². The fraction of sp³-hybridized carbons (Fsp3) is 0.700. The molecule has 0 saturated heterocycles. The molecule has 4 heteroatoms. The van der Waals surface area contributed by atoms with Crippen LogP contribution in [0.3, 0.4) is 0 Å². The van der Waals surface area contributed by atoms with Gasteiger partial charge in [0.25, 0.3) is 0 Å². The van der Waals surface area contributed by atoms with Crippen LogP contribution in [0.4, 0.5) is 0 Å². The second kappa shape index (κ2) is 15.0. The van der Waals surface area contributed by atoms with Crippen LogP contribution < -0.4 is 0 Å². The van der Waals surface area contributed by atoms with Crippen LogP contribution in [0.25, 0.3) is 0 Å². The van der Waals surface area contributed by atoms with E-state index in [9.17, 15) is 19.8 Å². The summed E-state index contributed by atoms with van der Waals surface area (Å²) in [4.78, 5) is 22.9. The van der Waals surface area contributed by atoms with Crippen LogP contribution in [0.2, 0.25) is 0 Å². The zero-order valence-electron chi connectivity index (χ0n) is 15.2. The summed E-state index contributed by atoms with van der Waals surface area (Å²) in [5.41, 5.74) is 0. The first-order chi connectivity index (χ1) is 11.5. The molecule has 0 spiro atoms. The van der Waals surface area contributed by atoms with Gasteiger partial charge in [0, 0.05) is 0 Å². The maximum Gasteiger partial charge on any atom is 0.311 e. The standard InChI is InChI=1S/C20H34O4/c1-3-5-7-9-11-13-15-17(19(21)22)18(20(23)24)16-14-12-10-8-6-4-2/h13-18H,3-12H2,1-2H3,(H,21,22)(H,23,24). The van der Waals surface area contributed by atoms with Crippen LogP contribution in [-0.4, -0.2) is 22.2 Å². The third-order valence-electron chi connectivity index (χ3n) is 4.09. The van der Waals surface area contributed by atoms with Gasteiger partial charge in [-0.1, -0.05) is 76.7 Å². The predicted molar refractivity (Wildman–Crippen MR) is 98.0 cm³/mol. The maximum atomic E-state index is 11.4. The smallest absolute Gasteiger partial charge is 0.311 e. The second-order valence-electron chi connectivity index (χ2n) is 6.28. The highest BCUT2D eigenvalue weighted by atomic mass is 16.4. The van der Waals surface area contributed by atoms with E-state index < -0.39 is 23.8 Å². The number of allylic oxidation sites excluding steroid dienone is 2. The third kappa shape index (κ3) is 11.0. The number of hydrogen-bond acceptors (Lipinski definition) is 2. The quantitative estimate of drug-likeness (QED) is 0.308. The molecule has 0 aromatic rings. The lowest BCUT2D eigenvalue weighted by Gasteiger charge is -2.13. The summed E-state index contributed by atoms with van der Waals surface area (Å²) in [5.74, 6) is -4.16. The molecule has 24 heavy (non-hydrogen) atoms. The average Bonchev–Trinajstić information content (AvgIpc) is 2.54. The van der Waals surface area contributed by atoms with Gasteiger partial charge in [-0.15, -0.1) is 0 Å². The summed E-state index contributed by atoms with van der Waals surface area (Å²) in [7, 11) is 0. The van der Waals surface area contributed by atoms with E-state index in [-0.39, 0.29) is 0 Å². The van der Waals surface area contributed by atoms with Gasteiger partial charge in [0.05, 0.1) is 11.8 Å². The number of carboxylic acid groups (broad SMARTS) is 2. The Hall–Kier alpha value is -1.58. The summed E-state index contributed by atoms with van der Waals surface area (Å²) < 4.78 is 0. The lowest BCUT2D eigenvalue weighted by atomic mass is 9.90. The first-order valence-electron chi connectivity index (χ1n) is 9.33. The highest BCUT2D eigenvalue weighted by Crippen LogP contribution is 2.18. The SMILES string of the molecule is CCCCCCC=CC(C(=O)O)C(C=CCCCCCC)C(=O)O. The minimum absolute atomic E-state index is 0.802. The van der Waals surface area contributed by atoms with Crippen LogP contribution in [-0.2, 0) is 9.59 Å². The molecule has 2 N–H and O–H groups in total. The van der Waals surface area contributed by atoms with Crippen LogP contribution >= 0.6 is 0 Å². The third-order valence-corrected chi connectivity index (χ3v) is 4.09. The van der Waals surface area contributed by atoms with Gasteiger partial charge in [0.2, 0.25) is 0 Å². The molecule has 0 aromatic carbocycles. The molecule has 2 unspecified atom stereocenters. The van der Waals surface area contributed by atoms with Crippen molar-refractivity contribution < 1.29 is 19.8 Å². The molecule has 0 aromatic heterocycles. The number of carbonyl (C=O) groups is 2. The normalized spacial score (nSPS) is 14.2. The van der Waals surface area contributed by atoms with E-state index in [0.717, 1.165) is 51.4 Å². The molecule has 0 aliphatic heterocycles. The van der Waals surface area contributed by atoms with Crippen molar-refractivity contribution in [2.24, 2.45) is 11.8 Å². The molecule has 138 valence electrons. The largest absolute Gasteiger partial charge is 0.481 e. The summed E-state index contributed by atoms with van der Waals surface area (Å²) in [6.45, 7) is 4.28. The molecule has 0 amide bonds. The molecule has 4 nitrogen and oxygen atoms in total. The van der Waals surface area contributed by atoms with Crippen molar-refractivity contribution in [2.75, 3.05) is 0 Å². The molecule has 0 rings (SSSR count). The average molecular weight is 338 g/mol. The zero-order valence-corrected chi connectivity index (χ0v) is 15.2. The fourth-order valence-corrected chi connectivity index (χ4v) is 2.57. The number of unbranched alkanes of at least 4 members (excludes halogenated alkanes) is 8. The van der Waals surface area contributed by atoms with Crippen LogP contribution in [0.5, 0.6) is 0 Å². The summed E-state index contributed by atoms with van der Waals surface area (Å²) in [5, 5.41) is 18.7. The van der Waals surface area contributed by atoms with E-state index in [1.54, 1.807) is 12.2 Å². The van der Waals surface area contributed by atoms with E-state index in [4.69, 9.17) is 0 Å². The van der Waals surface area contributed by atoms with Gasteiger partial charge in [-0.2, -0.15) is 0 Å². The molecule has 0 heterocycles. The van der Waals surface area contributed by atoms with Crippen molar-refractivity contribution in [1.29, 1.82) is 0 Å². The lowest BCUT2D eigenvalue weighted by molar-refractivity contribution is -0.149. The molecule has 0 radical (unpaired) electrons. The van der Waals surface area contributed by atoms with Gasteiger partial charge in [-0.25, -0.2) is 0 Å². The van der Waals surface area contributed by atoms with Gasteiger partial charge < -0.3 is 10.2 Å². The van der Waals surface area contributed by atoms with Gasteiger partial charge in [0.15, 0.2) is 0 Å². The highest BCUT2D eigenvalue weighted by molar-refractivity contribution is 5.82. The molecule has 0 aliphatic rings. The monoisotopic (exact) mass is 338 g/mol. The van der Waals surface area contributed by atoms with E-state index >= 15 is 0 Å². The van der Waals surface area contributed by atoms with Gasteiger partial charge in [-0.05, 0) is 25.7 Å². The molecular formula is C20H34O4. The summed E-state index contributed by atoms with van der Waals surface area (Å²) in [6.07, 6.45) is 17.3. The number of hydrogen-bond donors (Lipinski definition) is 2. The van der Waals surface area contributed by atoms with E-state index in [2.05, 4.69) is 13.8 Å². The Morgan fingerprint density at radius 3 is 1.38 bits per heavy atom. The number of rotatable bonds is 15. The van der Waals surface area contributed by atoms with Crippen LogP contribution in [0.15, 0.2) is 24.3 Å². The molecule has 0 fully saturated rings. The Labute approximate surface area is 146 Å². The first-order valence-corrected chi connectivity index (χ1v) is 9.33. The Balaban J connectivity index is 4.56. The number of carboxylic acids is 2. The van der Waals surface area contributed by atoms with Gasteiger partial charge >= 0.3 is 11.9 Å². The van der Waals surface area contributed by atoms with Crippen molar-refractivity contribution in [2.45, 2.75) is 78.1 Å². The van der Waals surface area contributed by atoms with E-state index in [1.807, 2.05) is 12.2 Å².